The lowest BCUT2D eigenvalue weighted by Gasteiger charge is -2.51. The number of nitrogens with zero attached hydrogens (tertiary/aromatic N) is 2. The van der Waals surface area contributed by atoms with Crippen LogP contribution in [0.3, 0.4) is 0 Å². The number of amides is 1. The Morgan fingerprint density at radius 3 is 2.46 bits per heavy atom. The maximum Gasteiger partial charge on any atom is 0.255 e. The van der Waals surface area contributed by atoms with Crippen LogP contribution in [0, 0.1) is 5.92 Å². The number of aromatic amines is 1. The van der Waals surface area contributed by atoms with Crippen molar-refractivity contribution < 1.29 is 9.53 Å². The number of pyridine rings is 1. The maximum atomic E-state index is 13.3. The molecule has 1 amide bonds. The average Bonchev–Trinajstić information content (AvgIpc) is 3.17. The molecule has 1 aromatic carbocycles. The molecule has 4 fully saturated rings. The fourth-order valence-corrected chi connectivity index (χ4v) is 5.51. The molecule has 3 unspecified atom stereocenters. The van der Waals surface area contributed by atoms with Gasteiger partial charge in [0.25, 0.3) is 5.91 Å². The second-order valence-electron chi connectivity index (χ2n) is 8.13. The molecule has 0 aliphatic carbocycles. The summed E-state index contributed by atoms with van der Waals surface area (Å²) in [5.74, 6) is 1.73. The van der Waals surface area contributed by atoms with E-state index in [2.05, 4.69) is 26.9 Å². The first-order valence-electron chi connectivity index (χ1n) is 10.0. The number of piperidine rings is 3. The first-order valence-corrected chi connectivity index (χ1v) is 10.0. The van der Waals surface area contributed by atoms with E-state index in [1.807, 2.05) is 12.1 Å². The molecule has 5 heterocycles. The predicted octanol–water partition coefficient (Wildman–Crippen LogP) is 2.09. The minimum absolute atomic E-state index is 0.0241. The molecule has 4 saturated heterocycles. The number of ether oxygens (including phenoxy) is 1. The van der Waals surface area contributed by atoms with Gasteiger partial charge in [-0.05, 0) is 55.6 Å². The third kappa shape index (κ3) is 2.75. The van der Waals surface area contributed by atoms with Crippen LogP contribution in [0.4, 0.5) is 0 Å². The largest absolute Gasteiger partial charge is 0.497 e. The van der Waals surface area contributed by atoms with Crippen LogP contribution < -0.4 is 10.3 Å². The zero-order valence-corrected chi connectivity index (χ0v) is 16.0. The van der Waals surface area contributed by atoms with Gasteiger partial charge in [-0.2, -0.15) is 0 Å². The topological polar surface area (TPSA) is 65.6 Å². The Hall–Kier alpha value is -2.60. The molecule has 28 heavy (non-hydrogen) atoms. The van der Waals surface area contributed by atoms with Gasteiger partial charge in [0.1, 0.15) is 5.75 Å². The second-order valence-corrected chi connectivity index (χ2v) is 8.13. The highest BCUT2D eigenvalue weighted by Gasteiger charge is 2.54. The number of nitrogens with one attached hydrogen (secondary N) is 1. The Morgan fingerprint density at radius 1 is 1.07 bits per heavy atom. The molecule has 146 valence electrons. The number of benzene rings is 1. The van der Waals surface area contributed by atoms with Crippen molar-refractivity contribution in [3.8, 4) is 5.75 Å². The molecule has 2 aromatic rings. The van der Waals surface area contributed by atoms with E-state index in [1.165, 1.54) is 11.6 Å². The van der Waals surface area contributed by atoms with Gasteiger partial charge < -0.3 is 14.6 Å². The lowest BCUT2D eigenvalue weighted by Crippen LogP contribution is -2.60. The van der Waals surface area contributed by atoms with E-state index in [0.29, 0.717) is 30.0 Å². The van der Waals surface area contributed by atoms with Crippen molar-refractivity contribution in [1.82, 2.24) is 14.8 Å². The maximum absolute atomic E-state index is 13.3. The molecule has 1 aromatic heterocycles. The van der Waals surface area contributed by atoms with Crippen LogP contribution in [0.1, 0.15) is 34.7 Å². The quantitative estimate of drug-likeness (QED) is 0.887. The smallest absolute Gasteiger partial charge is 0.255 e. The number of hydrogen-bond donors (Lipinski definition) is 1. The summed E-state index contributed by atoms with van der Waals surface area (Å²) < 4.78 is 5.31. The van der Waals surface area contributed by atoms with Crippen molar-refractivity contribution in [2.75, 3.05) is 26.7 Å². The number of hydrogen-bond acceptors (Lipinski definition) is 4. The van der Waals surface area contributed by atoms with Crippen molar-refractivity contribution >= 4 is 5.91 Å². The summed E-state index contributed by atoms with van der Waals surface area (Å²) in [5, 5.41) is 0. The van der Waals surface area contributed by atoms with Crippen molar-refractivity contribution in [1.29, 1.82) is 0 Å². The van der Waals surface area contributed by atoms with Gasteiger partial charge in [-0.15, -0.1) is 0 Å². The first kappa shape index (κ1) is 17.5. The minimum atomic E-state index is -0.185. The van der Waals surface area contributed by atoms with Crippen molar-refractivity contribution in [3.63, 3.8) is 0 Å². The molecule has 4 aliphatic heterocycles. The molecule has 1 N–H and O–H groups in total. The summed E-state index contributed by atoms with van der Waals surface area (Å²) in [6.45, 7) is 2.96. The molecule has 3 atom stereocenters. The van der Waals surface area contributed by atoms with Gasteiger partial charge in [-0.25, -0.2) is 0 Å². The molecule has 0 spiro atoms. The van der Waals surface area contributed by atoms with Gasteiger partial charge in [0.05, 0.1) is 18.7 Å². The van der Waals surface area contributed by atoms with Crippen LogP contribution in [0.2, 0.25) is 0 Å². The van der Waals surface area contributed by atoms with Gasteiger partial charge in [0, 0.05) is 30.8 Å². The molecule has 6 heteroatoms. The third-order valence-electron chi connectivity index (χ3n) is 6.83. The third-order valence-corrected chi connectivity index (χ3v) is 6.83. The van der Waals surface area contributed by atoms with Gasteiger partial charge in [0.2, 0.25) is 5.56 Å². The second kappa shape index (κ2) is 6.78. The highest BCUT2D eigenvalue weighted by molar-refractivity contribution is 5.94. The normalized spacial score (nSPS) is 30.9. The summed E-state index contributed by atoms with van der Waals surface area (Å²) in [6, 6.07) is 12.0. The Bertz CT molecular complexity index is 910. The molecule has 2 bridgehead atoms. The zero-order chi connectivity index (χ0) is 19.3. The molecule has 6 nitrogen and oxygen atoms in total. The Labute approximate surface area is 164 Å². The number of aromatic nitrogens is 1. The van der Waals surface area contributed by atoms with Crippen molar-refractivity contribution in [3.05, 3.63) is 64.1 Å². The van der Waals surface area contributed by atoms with Crippen LogP contribution in [-0.4, -0.2) is 59.5 Å². The first-order chi connectivity index (χ1) is 13.7. The van der Waals surface area contributed by atoms with E-state index in [9.17, 15) is 9.59 Å². The van der Waals surface area contributed by atoms with Crippen LogP contribution in [-0.2, 0) is 0 Å². The molecular formula is C22H25N3O3. The summed E-state index contributed by atoms with van der Waals surface area (Å²) in [7, 11) is 1.68. The minimum Gasteiger partial charge on any atom is -0.497 e. The molecule has 0 radical (unpaired) electrons. The number of carbonyl (C=O) groups excluding carboxylic acids is 1. The SMILES string of the molecule is COc1ccc(C2CN(C(=O)c3ccc(=O)[nH]c3)C3C4CCN(CC4)C23)cc1. The Balaban J connectivity index is 1.50. The number of H-pyrrole nitrogens is 1. The molecule has 4 aliphatic rings. The lowest BCUT2D eigenvalue weighted by atomic mass is 9.75. The Kier molecular flexibility index (Phi) is 4.23. The molecule has 6 rings (SSSR count). The van der Waals surface area contributed by atoms with Gasteiger partial charge in [0.15, 0.2) is 0 Å². The fourth-order valence-electron chi connectivity index (χ4n) is 5.51. The molecular weight excluding hydrogens is 354 g/mol. The van der Waals surface area contributed by atoms with Crippen LogP contribution in [0.15, 0.2) is 47.4 Å². The lowest BCUT2D eigenvalue weighted by molar-refractivity contribution is -0.00342. The van der Waals surface area contributed by atoms with Gasteiger partial charge in [-0.1, -0.05) is 12.1 Å². The highest BCUT2D eigenvalue weighted by atomic mass is 16.5. The average molecular weight is 379 g/mol. The van der Waals surface area contributed by atoms with Gasteiger partial charge in [-0.3, -0.25) is 14.5 Å². The summed E-state index contributed by atoms with van der Waals surface area (Å²) in [6.07, 6.45) is 3.86. The summed E-state index contributed by atoms with van der Waals surface area (Å²) in [4.78, 5) is 32.0. The van der Waals surface area contributed by atoms with Crippen molar-refractivity contribution in [2.45, 2.75) is 30.8 Å². The number of fused-ring (bicyclic) bond motifs is 2. The Morgan fingerprint density at radius 2 is 1.82 bits per heavy atom. The molecule has 0 saturated carbocycles. The zero-order valence-electron chi connectivity index (χ0n) is 16.0. The van der Waals surface area contributed by atoms with Crippen LogP contribution in [0.5, 0.6) is 5.75 Å². The van der Waals surface area contributed by atoms with E-state index < -0.39 is 0 Å². The number of rotatable bonds is 3. The monoisotopic (exact) mass is 379 g/mol. The van der Waals surface area contributed by atoms with E-state index in [4.69, 9.17) is 4.74 Å². The summed E-state index contributed by atoms with van der Waals surface area (Å²) >= 11 is 0. The fraction of sp³-hybridized carbons (Fsp3) is 0.455. The standard InChI is InChI=1S/C22H25N3O3/c1-28-17-5-2-14(3-6-17)18-13-25(22(27)16-4-7-19(26)23-12-16)20-15-8-10-24(11-9-15)21(18)20/h2-7,12,15,18,20-21H,8-11,13H2,1H3,(H,23,26). The van der Waals surface area contributed by atoms with Crippen LogP contribution in [0.25, 0.3) is 0 Å². The summed E-state index contributed by atoms with van der Waals surface area (Å²) in [5.41, 5.74) is 1.64. The van der Waals surface area contributed by atoms with Gasteiger partial charge >= 0.3 is 0 Å². The van der Waals surface area contributed by atoms with E-state index in [0.717, 1.165) is 31.7 Å². The number of methoxy groups -OCH3 is 1. The van der Waals surface area contributed by atoms with E-state index >= 15 is 0 Å². The van der Waals surface area contributed by atoms with Crippen molar-refractivity contribution in [2.24, 2.45) is 5.92 Å². The van der Waals surface area contributed by atoms with Crippen LogP contribution >= 0.6 is 0 Å². The number of carbonyl (C=O) groups is 1. The number of likely N-dealkylation sites (tertiary alicyclic amines) is 1. The highest BCUT2D eigenvalue weighted by Crippen LogP contribution is 2.47. The predicted molar refractivity (Wildman–Crippen MR) is 106 cm³/mol. The van der Waals surface area contributed by atoms with E-state index in [1.54, 1.807) is 19.4 Å². The van der Waals surface area contributed by atoms with E-state index in [-0.39, 0.29) is 17.5 Å².